The Balaban J connectivity index is 1.85. The molecular weight excluding hydrogens is 431 g/mol. The van der Waals surface area contributed by atoms with Gasteiger partial charge in [-0.05, 0) is 32.3 Å². The summed E-state index contributed by atoms with van der Waals surface area (Å²) in [6.07, 6.45) is -5.08. The fourth-order valence-electron chi connectivity index (χ4n) is 3.21. The quantitative estimate of drug-likeness (QED) is 0.578. The molecule has 3 N–H and O–H groups in total. The number of carbonyl (C=O) groups is 1. The highest BCUT2D eigenvalue weighted by Crippen LogP contribution is 2.37. The molecule has 0 radical (unpaired) electrons. The van der Waals surface area contributed by atoms with Crippen LogP contribution in [0.15, 0.2) is 12.3 Å². The van der Waals surface area contributed by atoms with Crippen LogP contribution in [0, 0.1) is 6.92 Å². The Kier molecular flexibility index (Phi) is 6.56. The average Bonchev–Trinajstić information content (AvgIpc) is 3.25. The third-order valence-electron chi connectivity index (χ3n) is 4.67. The van der Waals surface area contributed by atoms with Crippen LogP contribution >= 0.6 is 11.3 Å². The second-order valence-electron chi connectivity index (χ2n) is 6.94. The molecule has 1 aliphatic carbocycles. The molecule has 1 aliphatic rings. The van der Waals surface area contributed by atoms with E-state index in [1.807, 2.05) is 5.32 Å². The van der Waals surface area contributed by atoms with E-state index in [1.54, 1.807) is 0 Å². The SMILES string of the molecule is Cc1nc(C(=O)NC2CCCC2O)sc1-c1cnc(NCC(F)(F)F)cc1C(F)F. The Morgan fingerprint density at radius 2 is 2.10 bits per heavy atom. The van der Waals surface area contributed by atoms with Crippen molar-refractivity contribution in [1.82, 2.24) is 15.3 Å². The van der Waals surface area contributed by atoms with Gasteiger partial charge in [0, 0.05) is 17.3 Å². The maximum Gasteiger partial charge on any atom is 0.405 e. The number of thiazole rings is 1. The highest BCUT2D eigenvalue weighted by molar-refractivity contribution is 7.17. The van der Waals surface area contributed by atoms with E-state index in [-0.39, 0.29) is 27.3 Å². The maximum atomic E-state index is 13.6. The number of hydrogen-bond donors (Lipinski definition) is 3. The van der Waals surface area contributed by atoms with Crippen molar-refractivity contribution in [3.63, 3.8) is 0 Å². The van der Waals surface area contributed by atoms with Gasteiger partial charge in [-0.15, -0.1) is 11.3 Å². The maximum absolute atomic E-state index is 13.6. The van der Waals surface area contributed by atoms with Gasteiger partial charge in [-0.1, -0.05) is 0 Å². The van der Waals surface area contributed by atoms with Crippen LogP contribution in [0.2, 0.25) is 0 Å². The van der Waals surface area contributed by atoms with Gasteiger partial charge in [0.15, 0.2) is 5.01 Å². The molecule has 3 rings (SSSR count). The fraction of sp³-hybridized carbons (Fsp3) is 0.500. The number of carbonyl (C=O) groups excluding carboxylic acids is 1. The Morgan fingerprint density at radius 1 is 1.37 bits per heavy atom. The summed E-state index contributed by atoms with van der Waals surface area (Å²) in [4.78, 5) is 20.6. The summed E-state index contributed by atoms with van der Waals surface area (Å²) in [7, 11) is 0. The molecule has 2 heterocycles. The molecule has 2 unspecified atom stereocenters. The number of aryl methyl sites for hydroxylation is 1. The molecular formula is C18H19F5N4O2S. The molecule has 0 spiro atoms. The van der Waals surface area contributed by atoms with Crippen molar-refractivity contribution in [2.24, 2.45) is 0 Å². The monoisotopic (exact) mass is 450 g/mol. The van der Waals surface area contributed by atoms with Crippen LogP contribution in [0.3, 0.4) is 0 Å². The molecule has 2 aromatic rings. The number of aliphatic hydroxyl groups is 1. The van der Waals surface area contributed by atoms with Crippen molar-refractivity contribution in [2.75, 3.05) is 11.9 Å². The summed E-state index contributed by atoms with van der Waals surface area (Å²) in [6.45, 7) is 0.136. The number of hydrogen-bond acceptors (Lipinski definition) is 6. The molecule has 1 saturated carbocycles. The van der Waals surface area contributed by atoms with Crippen molar-refractivity contribution >= 4 is 23.1 Å². The van der Waals surface area contributed by atoms with Crippen molar-refractivity contribution in [3.8, 4) is 10.4 Å². The zero-order valence-electron chi connectivity index (χ0n) is 15.8. The van der Waals surface area contributed by atoms with Gasteiger partial charge < -0.3 is 15.7 Å². The van der Waals surface area contributed by atoms with Gasteiger partial charge in [0.05, 0.1) is 22.7 Å². The lowest BCUT2D eigenvalue weighted by Crippen LogP contribution is -2.39. The highest BCUT2D eigenvalue weighted by Gasteiger charge is 2.29. The normalized spacial score (nSPS) is 19.3. The molecule has 164 valence electrons. The number of anilines is 1. The molecule has 1 fully saturated rings. The van der Waals surface area contributed by atoms with Crippen LogP contribution in [0.4, 0.5) is 27.8 Å². The molecule has 0 saturated heterocycles. The number of amides is 1. The lowest BCUT2D eigenvalue weighted by atomic mass is 10.1. The molecule has 6 nitrogen and oxygen atoms in total. The first-order chi connectivity index (χ1) is 14.0. The minimum Gasteiger partial charge on any atom is -0.391 e. The summed E-state index contributed by atoms with van der Waals surface area (Å²) in [5, 5.41) is 14.5. The number of nitrogens with zero attached hydrogens (tertiary/aromatic N) is 2. The zero-order chi connectivity index (χ0) is 22.1. The number of aromatic nitrogens is 2. The molecule has 0 aromatic carbocycles. The van der Waals surface area contributed by atoms with Crippen molar-refractivity contribution < 1.29 is 31.9 Å². The summed E-state index contributed by atoms with van der Waals surface area (Å²) < 4.78 is 64.2. The average molecular weight is 450 g/mol. The number of nitrogens with one attached hydrogen (secondary N) is 2. The smallest absolute Gasteiger partial charge is 0.391 e. The number of aliphatic hydroxyl groups excluding tert-OH is 1. The third kappa shape index (κ3) is 5.22. The van der Waals surface area contributed by atoms with Crippen LogP contribution < -0.4 is 10.6 Å². The number of alkyl halides is 5. The topological polar surface area (TPSA) is 87.1 Å². The summed E-state index contributed by atoms with van der Waals surface area (Å²) in [6, 6.07) is 0.474. The Morgan fingerprint density at radius 3 is 2.70 bits per heavy atom. The highest BCUT2D eigenvalue weighted by atomic mass is 32.1. The Bertz CT molecular complexity index is 918. The number of pyridine rings is 1. The third-order valence-corrected chi connectivity index (χ3v) is 5.86. The summed E-state index contributed by atoms with van der Waals surface area (Å²) in [5.74, 6) is -0.850. The number of rotatable bonds is 6. The van der Waals surface area contributed by atoms with E-state index in [1.165, 1.54) is 6.92 Å². The van der Waals surface area contributed by atoms with Gasteiger partial charge in [0.2, 0.25) is 0 Å². The molecule has 0 bridgehead atoms. The second-order valence-corrected chi connectivity index (χ2v) is 7.94. The standard InChI is InChI=1S/C18H19F5N4O2S/c1-8-14(30-17(26-8)16(29)27-11-3-2-4-12(11)28)10-6-24-13(5-9(10)15(19)20)25-7-18(21,22)23/h5-6,11-12,15,28H,2-4,7H2,1H3,(H,24,25)(H,27,29). The first-order valence-electron chi connectivity index (χ1n) is 9.10. The van der Waals surface area contributed by atoms with E-state index in [2.05, 4.69) is 15.3 Å². The molecule has 1 amide bonds. The Labute approximate surface area is 172 Å². The minimum atomic E-state index is -4.52. The van der Waals surface area contributed by atoms with Crippen LogP contribution in [0.25, 0.3) is 10.4 Å². The minimum absolute atomic E-state index is 0.00231. The van der Waals surface area contributed by atoms with E-state index < -0.39 is 36.7 Å². The second kappa shape index (κ2) is 8.80. The van der Waals surface area contributed by atoms with Gasteiger partial charge in [-0.2, -0.15) is 13.2 Å². The van der Waals surface area contributed by atoms with Gasteiger partial charge in [-0.3, -0.25) is 4.79 Å². The van der Waals surface area contributed by atoms with Crippen LogP contribution in [-0.2, 0) is 0 Å². The Hall–Kier alpha value is -2.34. The predicted molar refractivity (Wildman–Crippen MR) is 101 cm³/mol. The fourth-order valence-corrected chi connectivity index (χ4v) is 4.21. The lowest BCUT2D eigenvalue weighted by molar-refractivity contribution is -0.115. The van der Waals surface area contributed by atoms with E-state index in [4.69, 9.17) is 0 Å². The molecule has 12 heteroatoms. The van der Waals surface area contributed by atoms with Crippen molar-refractivity contribution in [2.45, 2.75) is 50.9 Å². The van der Waals surface area contributed by atoms with E-state index in [0.29, 0.717) is 18.5 Å². The van der Waals surface area contributed by atoms with Gasteiger partial charge >= 0.3 is 6.18 Å². The molecule has 2 aromatic heterocycles. The summed E-state index contributed by atoms with van der Waals surface area (Å²) in [5.41, 5.74) is -0.200. The van der Waals surface area contributed by atoms with Crippen LogP contribution in [-0.4, -0.2) is 45.8 Å². The molecule has 0 aliphatic heterocycles. The van der Waals surface area contributed by atoms with Crippen molar-refractivity contribution in [1.29, 1.82) is 0 Å². The van der Waals surface area contributed by atoms with Gasteiger partial charge in [0.25, 0.3) is 12.3 Å². The van der Waals surface area contributed by atoms with E-state index in [9.17, 15) is 31.9 Å². The molecule has 2 atom stereocenters. The predicted octanol–water partition coefficient (Wildman–Crippen LogP) is 4.07. The van der Waals surface area contributed by atoms with Crippen molar-refractivity contribution in [3.05, 3.63) is 28.5 Å². The van der Waals surface area contributed by atoms with Crippen LogP contribution in [0.5, 0.6) is 0 Å². The zero-order valence-corrected chi connectivity index (χ0v) is 16.6. The number of halogens is 5. The lowest BCUT2D eigenvalue weighted by Gasteiger charge is -2.15. The largest absolute Gasteiger partial charge is 0.405 e. The summed E-state index contributed by atoms with van der Waals surface area (Å²) >= 11 is 0.882. The first-order valence-corrected chi connectivity index (χ1v) is 9.92. The first kappa shape index (κ1) is 22.3. The van der Waals surface area contributed by atoms with Gasteiger partial charge in [0.1, 0.15) is 12.4 Å². The van der Waals surface area contributed by atoms with E-state index in [0.717, 1.165) is 30.0 Å². The molecule has 30 heavy (non-hydrogen) atoms. The van der Waals surface area contributed by atoms with E-state index >= 15 is 0 Å². The van der Waals surface area contributed by atoms with Crippen LogP contribution in [0.1, 0.15) is 46.7 Å². The van der Waals surface area contributed by atoms with Gasteiger partial charge in [-0.25, -0.2) is 18.7 Å².